The number of benzene rings is 2. The molecular formula is C26H32N4O8. The second kappa shape index (κ2) is 13.6. The van der Waals surface area contributed by atoms with Crippen molar-refractivity contribution in [3.8, 4) is 28.4 Å². The van der Waals surface area contributed by atoms with Gasteiger partial charge >= 0.3 is 5.97 Å². The SMILES string of the molecule is CNC(=O)COc1cc(OC(C)=O)cc(OCC(=O)NC)c1-c1cccc(N(C)C(=O)CNC(C)=O)c1C. The molecule has 0 aromatic heterocycles. The van der Waals surface area contributed by atoms with Crippen LogP contribution in [0.4, 0.5) is 5.69 Å². The molecule has 0 heterocycles. The molecule has 0 saturated heterocycles. The molecule has 0 fully saturated rings. The van der Waals surface area contributed by atoms with Crippen molar-refractivity contribution in [2.45, 2.75) is 20.8 Å². The average Bonchev–Trinajstić information content (AvgIpc) is 2.88. The lowest BCUT2D eigenvalue weighted by Crippen LogP contribution is -2.37. The normalized spacial score (nSPS) is 10.2. The zero-order valence-electron chi connectivity index (χ0n) is 22.2. The van der Waals surface area contributed by atoms with Crippen LogP contribution in [0.2, 0.25) is 0 Å². The second-order valence-corrected chi connectivity index (χ2v) is 8.12. The minimum atomic E-state index is -0.593. The number of carbonyl (C=O) groups excluding carboxylic acids is 5. The number of nitrogens with one attached hydrogen (secondary N) is 3. The Morgan fingerprint density at radius 2 is 1.45 bits per heavy atom. The Kier molecular flexibility index (Phi) is 10.6. The summed E-state index contributed by atoms with van der Waals surface area (Å²) in [6, 6.07) is 8.07. The van der Waals surface area contributed by atoms with Gasteiger partial charge in [0.2, 0.25) is 11.8 Å². The molecule has 204 valence electrons. The maximum Gasteiger partial charge on any atom is 0.308 e. The van der Waals surface area contributed by atoms with E-state index in [-0.39, 0.29) is 48.8 Å². The number of ether oxygens (including phenoxy) is 3. The van der Waals surface area contributed by atoms with Crippen LogP contribution in [-0.4, -0.2) is 70.5 Å². The summed E-state index contributed by atoms with van der Waals surface area (Å²) in [6.45, 7) is 3.43. The van der Waals surface area contributed by atoms with E-state index in [1.807, 2.05) is 0 Å². The molecule has 2 aromatic rings. The summed E-state index contributed by atoms with van der Waals surface area (Å²) in [6.07, 6.45) is 0. The van der Waals surface area contributed by atoms with Gasteiger partial charge in [-0.2, -0.15) is 0 Å². The smallest absolute Gasteiger partial charge is 0.308 e. The molecule has 0 aliphatic carbocycles. The Morgan fingerprint density at radius 3 is 1.92 bits per heavy atom. The van der Waals surface area contributed by atoms with Crippen molar-refractivity contribution in [3.63, 3.8) is 0 Å². The van der Waals surface area contributed by atoms with Crippen LogP contribution in [0.15, 0.2) is 30.3 Å². The zero-order valence-corrected chi connectivity index (χ0v) is 22.2. The van der Waals surface area contributed by atoms with Crippen molar-refractivity contribution in [2.24, 2.45) is 0 Å². The maximum absolute atomic E-state index is 12.7. The van der Waals surface area contributed by atoms with E-state index in [0.29, 0.717) is 22.4 Å². The molecule has 0 bridgehead atoms. The van der Waals surface area contributed by atoms with Crippen molar-refractivity contribution in [3.05, 3.63) is 35.9 Å². The largest absolute Gasteiger partial charge is 0.483 e. The van der Waals surface area contributed by atoms with Crippen molar-refractivity contribution >= 4 is 35.3 Å². The predicted octanol–water partition coefficient (Wildman–Crippen LogP) is 0.936. The molecule has 0 atom stereocenters. The van der Waals surface area contributed by atoms with Crippen LogP contribution in [-0.2, 0) is 24.0 Å². The van der Waals surface area contributed by atoms with E-state index >= 15 is 0 Å². The first-order chi connectivity index (χ1) is 18.0. The Balaban J connectivity index is 2.70. The predicted molar refractivity (Wildman–Crippen MR) is 139 cm³/mol. The van der Waals surface area contributed by atoms with Gasteiger partial charge in [-0.3, -0.25) is 24.0 Å². The number of likely N-dealkylation sites (N-methyl/N-ethyl adjacent to an activating group) is 3. The van der Waals surface area contributed by atoms with Crippen molar-refractivity contribution < 1.29 is 38.2 Å². The van der Waals surface area contributed by atoms with Crippen LogP contribution in [0.3, 0.4) is 0 Å². The number of nitrogens with zero attached hydrogens (tertiary/aromatic N) is 1. The monoisotopic (exact) mass is 528 g/mol. The van der Waals surface area contributed by atoms with Gasteiger partial charge < -0.3 is 35.1 Å². The van der Waals surface area contributed by atoms with Crippen molar-refractivity contribution in [2.75, 3.05) is 45.8 Å². The number of anilines is 1. The highest BCUT2D eigenvalue weighted by atomic mass is 16.5. The molecule has 0 spiro atoms. The molecule has 3 N–H and O–H groups in total. The van der Waals surface area contributed by atoms with Gasteiger partial charge in [-0.25, -0.2) is 0 Å². The fourth-order valence-electron chi connectivity index (χ4n) is 3.43. The van der Waals surface area contributed by atoms with Gasteiger partial charge in [-0.15, -0.1) is 0 Å². The highest BCUT2D eigenvalue weighted by Gasteiger charge is 2.23. The van der Waals surface area contributed by atoms with Gasteiger partial charge in [0.25, 0.3) is 11.8 Å². The zero-order chi connectivity index (χ0) is 28.4. The molecule has 0 aliphatic rings. The maximum atomic E-state index is 12.7. The first-order valence-electron chi connectivity index (χ1n) is 11.6. The van der Waals surface area contributed by atoms with E-state index in [9.17, 15) is 24.0 Å². The minimum Gasteiger partial charge on any atom is -0.483 e. The lowest BCUT2D eigenvalue weighted by atomic mass is 9.96. The third kappa shape index (κ3) is 7.95. The van der Waals surface area contributed by atoms with Crippen LogP contribution in [0, 0.1) is 6.92 Å². The van der Waals surface area contributed by atoms with Gasteiger partial charge in [-0.05, 0) is 24.1 Å². The topological polar surface area (TPSA) is 152 Å². The highest BCUT2D eigenvalue weighted by molar-refractivity contribution is 5.98. The quantitative estimate of drug-likeness (QED) is 0.288. The van der Waals surface area contributed by atoms with E-state index in [4.69, 9.17) is 14.2 Å². The molecule has 4 amide bonds. The number of amides is 4. The molecule has 0 radical (unpaired) electrons. The molecule has 0 unspecified atom stereocenters. The Hall–Kier alpha value is -4.61. The summed E-state index contributed by atoms with van der Waals surface area (Å²) in [4.78, 5) is 60.9. The number of rotatable bonds is 11. The first kappa shape index (κ1) is 29.6. The molecular weight excluding hydrogens is 496 g/mol. The van der Waals surface area contributed by atoms with E-state index in [0.717, 1.165) is 0 Å². The lowest BCUT2D eigenvalue weighted by Gasteiger charge is -2.23. The van der Waals surface area contributed by atoms with Gasteiger partial charge in [0.1, 0.15) is 17.2 Å². The van der Waals surface area contributed by atoms with Crippen molar-refractivity contribution in [1.82, 2.24) is 16.0 Å². The summed E-state index contributed by atoms with van der Waals surface area (Å²) < 4.78 is 16.8. The minimum absolute atomic E-state index is 0.0801. The summed E-state index contributed by atoms with van der Waals surface area (Å²) in [5.41, 5.74) is 2.11. The van der Waals surface area contributed by atoms with E-state index in [2.05, 4.69) is 16.0 Å². The van der Waals surface area contributed by atoms with Gasteiger partial charge in [-0.1, -0.05) is 12.1 Å². The molecule has 0 aliphatic heterocycles. The van der Waals surface area contributed by atoms with E-state index in [1.54, 1.807) is 32.2 Å². The highest BCUT2D eigenvalue weighted by Crippen LogP contribution is 2.45. The lowest BCUT2D eigenvalue weighted by molar-refractivity contribution is -0.132. The number of carbonyl (C=O) groups is 5. The number of hydrogen-bond donors (Lipinski definition) is 3. The fourth-order valence-corrected chi connectivity index (χ4v) is 3.43. The molecule has 2 aromatic carbocycles. The van der Waals surface area contributed by atoms with Crippen LogP contribution in [0.25, 0.3) is 11.1 Å². The van der Waals surface area contributed by atoms with Gasteiger partial charge in [0.05, 0.1) is 12.1 Å². The summed E-state index contributed by atoms with van der Waals surface area (Å²) in [5.74, 6) is -1.72. The standard InChI is InChI=1S/C26H32N4O8/c1-15-19(8-7-9-20(15)30(6)25(35)12-29-16(2)31)26-21(36-13-23(33)27-4)10-18(38-17(3)32)11-22(26)37-14-24(34)28-5/h7-11H,12-14H2,1-6H3,(H,27,33)(H,28,34)(H,29,31). The Morgan fingerprint density at radius 1 is 0.895 bits per heavy atom. The molecule has 2 rings (SSSR count). The second-order valence-electron chi connectivity index (χ2n) is 8.12. The van der Waals surface area contributed by atoms with Crippen LogP contribution < -0.4 is 35.1 Å². The Labute approximate surface area is 220 Å². The third-order valence-corrected chi connectivity index (χ3v) is 5.37. The van der Waals surface area contributed by atoms with Gasteiger partial charge in [0, 0.05) is 52.8 Å². The van der Waals surface area contributed by atoms with Gasteiger partial charge in [0.15, 0.2) is 13.2 Å². The Bertz CT molecular complexity index is 1190. The fraction of sp³-hybridized carbons (Fsp3) is 0.346. The first-order valence-corrected chi connectivity index (χ1v) is 11.6. The molecule has 12 nitrogen and oxygen atoms in total. The number of esters is 1. The summed E-state index contributed by atoms with van der Waals surface area (Å²) in [5, 5.41) is 7.41. The van der Waals surface area contributed by atoms with Crippen LogP contribution in [0.5, 0.6) is 17.2 Å². The average molecular weight is 529 g/mol. The molecule has 0 saturated carbocycles. The summed E-state index contributed by atoms with van der Waals surface area (Å²) >= 11 is 0. The summed E-state index contributed by atoms with van der Waals surface area (Å²) in [7, 11) is 4.49. The van der Waals surface area contributed by atoms with Crippen LogP contribution >= 0.6 is 0 Å². The van der Waals surface area contributed by atoms with E-state index in [1.165, 1.54) is 45.0 Å². The van der Waals surface area contributed by atoms with Crippen LogP contribution in [0.1, 0.15) is 19.4 Å². The number of hydrogen-bond acceptors (Lipinski definition) is 8. The van der Waals surface area contributed by atoms with Crippen molar-refractivity contribution in [1.29, 1.82) is 0 Å². The molecule has 12 heteroatoms. The third-order valence-electron chi connectivity index (χ3n) is 5.37. The van der Waals surface area contributed by atoms with E-state index < -0.39 is 17.8 Å². The molecule has 38 heavy (non-hydrogen) atoms.